The van der Waals surface area contributed by atoms with Crippen molar-refractivity contribution in [2.24, 2.45) is 0 Å². The smallest absolute Gasteiger partial charge is 0.167 e. The van der Waals surface area contributed by atoms with Crippen LogP contribution in [0.3, 0.4) is 0 Å². The summed E-state index contributed by atoms with van der Waals surface area (Å²) in [5.74, 6) is -0.201. The molecule has 2 aromatic carbocycles. The maximum atomic E-state index is 13.5. The fourth-order valence-corrected chi connectivity index (χ4v) is 1.86. The van der Waals surface area contributed by atoms with Gasteiger partial charge in [-0.3, -0.25) is 0 Å². The lowest BCUT2D eigenvalue weighted by atomic mass is 10.0. The molecule has 2 rings (SSSR count). The van der Waals surface area contributed by atoms with Gasteiger partial charge in [-0.1, -0.05) is 18.2 Å². The Morgan fingerprint density at radius 1 is 1.11 bits per heavy atom. The maximum Gasteiger partial charge on any atom is 0.167 e. The minimum atomic E-state index is -0.429. The van der Waals surface area contributed by atoms with Crippen molar-refractivity contribution in [3.8, 4) is 5.75 Å². The van der Waals surface area contributed by atoms with E-state index in [1.807, 2.05) is 32.0 Å². The molecule has 0 saturated carbocycles. The van der Waals surface area contributed by atoms with Gasteiger partial charge in [0, 0.05) is 11.8 Å². The van der Waals surface area contributed by atoms with Gasteiger partial charge in [-0.25, -0.2) is 4.39 Å². The summed E-state index contributed by atoms with van der Waals surface area (Å²) in [5.41, 5.74) is 9.26. The average molecular weight is 245 g/mol. The molecule has 0 spiro atoms. The van der Waals surface area contributed by atoms with Gasteiger partial charge in [0.1, 0.15) is 6.61 Å². The van der Waals surface area contributed by atoms with Crippen molar-refractivity contribution in [2.75, 3.05) is 5.73 Å². The third kappa shape index (κ3) is 2.62. The van der Waals surface area contributed by atoms with E-state index < -0.39 is 5.82 Å². The van der Waals surface area contributed by atoms with E-state index >= 15 is 0 Å². The third-order valence-electron chi connectivity index (χ3n) is 2.97. The molecule has 0 aromatic heterocycles. The predicted octanol–water partition coefficient (Wildman–Crippen LogP) is 3.60. The van der Waals surface area contributed by atoms with Gasteiger partial charge in [0.15, 0.2) is 11.6 Å². The predicted molar refractivity (Wildman–Crippen MR) is 71.1 cm³/mol. The first-order chi connectivity index (χ1) is 8.58. The van der Waals surface area contributed by atoms with Crippen LogP contribution in [0.25, 0.3) is 0 Å². The molecular formula is C15H16FNO. The van der Waals surface area contributed by atoms with Crippen molar-refractivity contribution >= 4 is 5.69 Å². The van der Waals surface area contributed by atoms with Crippen LogP contribution in [0.5, 0.6) is 5.75 Å². The fourth-order valence-electron chi connectivity index (χ4n) is 1.86. The van der Waals surface area contributed by atoms with E-state index in [9.17, 15) is 4.39 Å². The largest absolute Gasteiger partial charge is 0.486 e. The zero-order chi connectivity index (χ0) is 13.1. The highest BCUT2D eigenvalue weighted by Gasteiger charge is 2.06. The number of nitrogens with two attached hydrogens (primary N) is 1. The minimum Gasteiger partial charge on any atom is -0.486 e. The number of anilines is 1. The Bertz CT molecular complexity index is 546. The molecule has 2 aromatic rings. The number of aryl methyl sites for hydroxylation is 2. The Labute approximate surface area is 106 Å². The van der Waals surface area contributed by atoms with Crippen LogP contribution < -0.4 is 10.5 Å². The summed E-state index contributed by atoms with van der Waals surface area (Å²) in [5, 5.41) is 0. The van der Waals surface area contributed by atoms with Crippen molar-refractivity contribution in [2.45, 2.75) is 20.5 Å². The van der Waals surface area contributed by atoms with E-state index in [2.05, 4.69) is 0 Å². The van der Waals surface area contributed by atoms with Gasteiger partial charge in [-0.2, -0.15) is 0 Å². The number of halogens is 1. The molecule has 0 aliphatic heterocycles. The first-order valence-electron chi connectivity index (χ1n) is 5.81. The molecule has 0 atom stereocenters. The lowest BCUT2D eigenvalue weighted by molar-refractivity contribution is 0.289. The standard InChI is InChI=1S/C15H16FNO/c1-10-4-3-5-11(2)13(10)9-18-15-7-6-12(17)8-14(15)16/h3-8H,9,17H2,1-2H3. The normalized spacial score (nSPS) is 10.4. The Morgan fingerprint density at radius 3 is 2.39 bits per heavy atom. The molecule has 0 saturated heterocycles. The van der Waals surface area contributed by atoms with Gasteiger partial charge in [-0.05, 0) is 42.7 Å². The molecular weight excluding hydrogens is 229 g/mol. The average Bonchev–Trinajstić information content (AvgIpc) is 2.31. The van der Waals surface area contributed by atoms with E-state index in [1.54, 1.807) is 12.1 Å². The van der Waals surface area contributed by atoms with Crippen LogP contribution in [0.15, 0.2) is 36.4 Å². The number of hydrogen-bond donors (Lipinski definition) is 1. The Kier molecular flexibility index (Phi) is 3.51. The van der Waals surface area contributed by atoms with E-state index in [1.165, 1.54) is 6.07 Å². The quantitative estimate of drug-likeness (QED) is 0.838. The Balaban J connectivity index is 2.16. The number of rotatable bonds is 3. The SMILES string of the molecule is Cc1cccc(C)c1COc1ccc(N)cc1F. The number of benzene rings is 2. The van der Waals surface area contributed by atoms with Gasteiger partial charge in [0.2, 0.25) is 0 Å². The molecule has 2 nitrogen and oxygen atoms in total. The third-order valence-corrected chi connectivity index (χ3v) is 2.97. The van der Waals surface area contributed by atoms with Crippen LogP contribution in [0.1, 0.15) is 16.7 Å². The highest BCUT2D eigenvalue weighted by atomic mass is 19.1. The van der Waals surface area contributed by atoms with Gasteiger partial charge in [-0.15, -0.1) is 0 Å². The van der Waals surface area contributed by atoms with Crippen molar-refractivity contribution in [1.29, 1.82) is 0 Å². The number of ether oxygens (including phenoxy) is 1. The molecule has 18 heavy (non-hydrogen) atoms. The van der Waals surface area contributed by atoms with E-state index in [-0.39, 0.29) is 5.75 Å². The van der Waals surface area contributed by atoms with Gasteiger partial charge < -0.3 is 10.5 Å². The first kappa shape index (κ1) is 12.4. The van der Waals surface area contributed by atoms with Crippen LogP contribution in [0, 0.1) is 19.7 Å². The lowest BCUT2D eigenvalue weighted by Gasteiger charge is -2.12. The summed E-state index contributed by atoms with van der Waals surface area (Å²) < 4.78 is 19.1. The van der Waals surface area contributed by atoms with Crippen LogP contribution in [0.2, 0.25) is 0 Å². The van der Waals surface area contributed by atoms with Crippen molar-refractivity contribution in [3.05, 3.63) is 58.9 Å². The Hall–Kier alpha value is -2.03. The summed E-state index contributed by atoms with van der Waals surface area (Å²) in [4.78, 5) is 0. The van der Waals surface area contributed by atoms with E-state index in [4.69, 9.17) is 10.5 Å². The summed E-state index contributed by atoms with van der Waals surface area (Å²) >= 11 is 0. The molecule has 0 amide bonds. The van der Waals surface area contributed by atoms with Crippen molar-refractivity contribution in [1.82, 2.24) is 0 Å². The lowest BCUT2D eigenvalue weighted by Crippen LogP contribution is -2.02. The van der Waals surface area contributed by atoms with Crippen LogP contribution in [-0.4, -0.2) is 0 Å². The van der Waals surface area contributed by atoms with Gasteiger partial charge in [0.25, 0.3) is 0 Å². The summed E-state index contributed by atoms with van der Waals surface area (Å²) in [6.07, 6.45) is 0. The highest BCUT2D eigenvalue weighted by Crippen LogP contribution is 2.22. The van der Waals surface area contributed by atoms with Gasteiger partial charge in [0.05, 0.1) is 0 Å². The van der Waals surface area contributed by atoms with Gasteiger partial charge >= 0.3 is 0 Å². The van der Waals surface area contributed by atoms with Crippen LogP contribution >= 0.6 is 0 Å². The first-order valence-corrected chi connectivity index (χ1v) is 5.81. The minimum absolute atomic E-state index is 0.229. The monoisotopic (exact) mass is 245 g/mol. The molecule has 0 aliphatic rings. The van der Waals surface area contributed by atoms with E-state index in [0.29, 0.717) is 12.3 Å². The molecule has 0 unspecified atom stereocenters. The van der Waals surface area contributed by atoms with Crippen LogP contribution in [0.4, 0.5) is 10.1 Å². The topological polar surface area (TPSA) is 35.2 Å². The second-order valence-corrected chi connectivity index (χ2v) is 4.35. The summed E-state index contributed by atoms with van der Waals surface area (Å²) in [6, 6.07) is 10.5. The molecule has 0 fully saturated rings. The molecule has 3 heteroatoms. The maximum absolute atomic E-state index is 13.5. The zero-order valence-electron chi connectivity index (χ0n) is 10.5. The van der Waals surface area contributed by atoms with E-state index in [0.717, 1.165) is 16.7 Å². The zero-order valence-corrected chi connectivity index (χ0v) is 10.5. The van der Waals surface area contributed by atoms with Crippen LogP contribution in [-0.2, 0) is 6.61 Å². The molecule has 0 heterocycles. The number of hydrogen-bond acceptors (Lipinski definition) is 2. The molecule has 0 radical (unpaired) electrons. The van der Waals surface area contributed by atoms with Crippen molar-refractivity contribution < 1.29 is 9.13 Å². The second-order valence-electron chi connectivity index (χ2n) is 4.35. The molecule has 0 bridgehead atoms. The highest BCUT2D eigenvalue weighted by molar-refractivity contribution is 5.43. The number of nitrogen functional groups attached to an aromatic ring is 1. The molecule has 94 valence electrons. The Morgan fingerprint density at radius 2 is 1.78 bits per heavy atom. The molecule has 2 N–H and O–H groups in total. The fraction of sp³-hybridized carbons (Fsp3) is 0.200. The molecule has 0 aliphatic carbocycles. The summed E-state index contributed by atoms with van der Waals surface area (Å²) in [7, 11) is 0. The second kappa shape index (κ2) is 5.08. The summed E-state index contributed by atoms with van der Waals surface area (Å²) in [6.45, 7) is 4.40. The van der Waals surface area contributed by atoms with Crippen molar-refractivity contribution in [3.63, 3.8) is 0 Å².